The molecule has 2 heterocycles. The lowest BCUT2D eigenvalue weighted by Gasteiger charge is -2.32. The molecule has 1 N–H and O–H groups in total. The number of piperidine rings is 1. The van der Waals surface area contributed by atoms with Gasteiger partial charge in [0.15, 0.2) is 5.78 Å². The van der Waals surface area contributed by atoms with Crippen molar-refractivity contribution in [1.82, 2.24) is 10.2 Å². The van der Waals surface area contributed by atoms with E-state index in [1.807, 2.05) is 32.0 Å². The maximum absolute atomic E-state index is 12.4. The van der Waals surface area contributed by atoms with Crippen molar-refractivity contribution in [2.24, 2.45) is 0 Å². The summed E-state index contributed by atoms with van der Waals surface area (Å²) in [5.74, 6) is -0.159. The van der Waals surface area contributed by atoms with Crippen molar-refractivity contribution in [1.29, 1.82) is 0 Å². The van der Waals surface area contributed by atoms with Gasteiger partial charge in [-0.25, -0.2) is 0 Å². The van der Waals surface area contributed by atoms with Gasteiger partial charge in [-0.3, -0.25) is 14.4 Å². The number of carbonyl (C=O) groups excluding carboxylic acids is 3. The molecule has 1 aliphatic heterocycles. The van der Waals surface area contributed by atoms with E-state index in [0.717, 1.165) is 11.1 Å². The third-order valence-corrected chi connectivity index (χ3v) is 5.19. The van der Waals surface area contributed by atoms with E-state index in [-0.39, 0.29) is 36.5 Å². The second kappa shape index (κ2) is 8.87. The van der Waals surface area contributed by atoms with Crippen molar-refractivity contribution in [3.05, 3.63) is 59.0 Å². The summed E-state index contributed by atoms with van der Waals surface area (Å²) < 4.78 is 4.96. The van der Waals surface area contributed by atoms with E-state index in [1.54, 1.807) is 11.0 Å². The van der Waals surface area contributed by atoms with Crippen LogP contribution in [0.5, 0.6) is 0 Å². The first-order valence-corrected chi connectivity index (χ1v) is 9.65. The van der Waals surface area contributed by atoms with Crippen LogP contribution in [0.15, 0.2) is 41.2 Å². The lowest BCUT2D eigenvalue weighted by atomic mass is 9.99. The van der Waals surface area contributed by atoms with Crippen LogP contribution in [0.1, 0.15) is 57.5 Å². The first-order valence-electron chi connectivity index (χ1n) is 9.65. The molecule has 0 unspecified atom stereocenters. The predicted molar refractivity (Wildman–Crippen MR) is 105 cm³/mol. The molecule has 0 bridgehead atoms. The van der Waals surface area contributed by atoms with Crippen molar-refractivity contribution in [3.8, 4) is 0 Å². The zero-order valence-electron chi connectivity index (χ0n) is 16.4. The molecule has 2 aromatic rings. The molecule has 1 aliphatic rings. The summed E-state index contributed by atoms with van der Waals surface area (Å²) >= 11 is 0. The fourth-order valence-corrected chi connectivity index (χ4v) is 3.49. The third kappa shape index (κ3) is 4.88. The van der Waals surface area contributed by atoms with Crippen molar-refractivity contribution < 1.29 is 18.8 Å². The number of hydrogen-bond acceptors (Lipinski definition) is 4. The van der Waals surface area contributed by atoms with Crippen molar-refractivity contribution in [3.63, 3.8) is 0 Å². The van der Waals surface area contributed by atoms with E-state index in [9.17, 15) is 14.4 Å². The van der Waals surface area contributed by atoms with Gasteiger partial charge in [-0.2, -0.15) is 0 Å². The largest absolute Gasteiger partial charge is 0.472 e. The van der Waals surface area contributed by atoms with Crippen LogP contribution >= 0.6 is 0 Å². The smallest absolute Gasteiger partial charge is 0.257 e. The topological polar surface area (TPSA) is 79.6 Å². The highest BCUT2D eigenvalue weighted by Crippen LogP contribution is 2.16. The zero-order valence-corrected chi connectivity index (χ0v) is 16.4. The molecule has 6 nitrogen and oxygen atoms in total. The van der Waals surface area contributed by atoms with Crippen LogP contribution in [0, 0.1) is 13.8 Å². The van der Waals surface area contributed by atoms with Crippen molar-refractivity contribution in [2.45, 2.75) is 45.6 Å². The van der Waals surface area contributed by atoms with Crippen molar-refractivity contribution in [2.75, 3.05) is 13.1 Å². The predicted octanol–water partition coefficient (Wildman–Crippen LogP) is 3.28. The van der Waals surface area contributed by atoms with E-state index in [4.69, 9.17) is 4.42 Å². The summed E-state index contributed by atoms with van der Waals surface area (Å²) in [5, 5.41) is 3.00. The molecule has 6 heteroatoms. The summed E-state index contributed by atoms with van der Waals surface area (Å²) in [4.78, 5) is 38.7. The van der Waals surface area contributed by atoms with Crippen LogP contribution < -0.4 is 5.32 Å². The van der Waals surface area contributed by atoms with Gasteiger partial charge < -0.3 is 14.6 Å². The van der Waals surface area contributed by atoms with Crippen LogP contribution in [0.4, 0.5) is 0 Å². The maximum Gasteiger partial charge on any atom is 0.257 e. The highest BCUT2D eigenvalue weighted by atomic mass is 16.3. The Morgan fingerprint density at radius 3 is 2.54 bits per heavy atom. The Kier molecular flexibility index (Phi) is 6.29. The number of ketones is 1. The monoisotopic (exact) mass is 382 g/mol. The lowest BCUT2D eigenvalue weighted by Crippen LogP contribution is -2.46. The quantitative estimate of drug-likeness (QED) is 0.778. The van der Waals surface area contributed by atoms with E-state index < -0.39 is 0 Å². The number of benzene rings is 1. The van der Waals surface area contributed by atoms with Crippen molar-refractivity contribution >= 4 is 17.6 Å². The number of furan rings is 1. The number of nitrogens with one attached hydrogen (secondary N) is 1. The molecule has 0 saturated carbocycles. The van der Waals surface area contributed by atoms with Crippen LogP contribution in [-0.2, 0) is 4.79 Å². The molecule has 2 amide bonds. The summed E-state index contributed by atoms with van der Waals surface area (Å²) in [7, 11) is 0. The summed E-state index contributed by atoms with van der Waals surface area (Å²) in [6, 6.07) is 7.48. The first kappa shape index (κ1) is 19.9. The minimum atomic E-state index is -0.113. The van der Waals surface area contributed by atoms with E-state index in [2.05, 4.69) is 5.32 Å². The Morgan fingerprint density at radius 1 is 1.11 bits per heavy atom. The van der Waals surface area contributed by atoms with E-state index in [0.29, 0.717) is 37.1 Å². The number of carbonyl (C=O) groups is 3. The molecule has 0 spiro atoms. The second-order valence-corrected chi connectivity index (χ2v) is 7.39. The zero-order chi connectivity index (χ0) is 20.1. The molecule has 0 radical (unpaired) electrons. The van der Waals surface area contributed by atoms with Gasteiger partial charge in [0.25, 0.3) is 5.91 Å². The molecule has 1 fully saturated rings. The molecule has 1 aromatic carbocycles. The van der Waals surface area contributed by atoms with Gasteiger partial charge in [-0.15, -0.1) is 0 Å². The minimum absolute atomic E-state index is 0.00289. The molecule has 3 rings (SSSR count). The Hall–Kier alpha value is -2.89. The Morgan fingerprint density at radius 2 is 1.86 bits per heavy atom. The van der Waals surface area contributed by atoms with Gasteiger partial charge in [0.05, 0.1) is 11.8 Å². The number of Topliss-reactive ketones (excluding diaryl/α,β-unsaturated/α-hetero) is 1. The molecule has 28 heavy (non-hydrogen) atoms. The van der Waals surface area contributed by atoms with Crippen LogP contribution in [0.25, 0.3) is 0 Å². The normalized spacial score (nSPS) is 14.7. The number of likely N-dealkylation sites (tertiary alicyclic amines) is 1. The second-order valence-electron chi connectivity index (χ2n) is 7.39. The Bertz CT molecular complexity index is 849. The van der Waals surface area contributed by atoms with Gasteiger partial charge in [-0.05, 0) is 44.4 Å². The maximum atomic E-state index is 12.4. The highest BCUT2D eigenvalue weighted by molar-refractivity contribution is 5.99. The molecular formula is C22H26N2O4. The van der Waals surface area contributed by atoms with Gasteiger partial charge >= 0.3 is 0 Å². The molecule has 1 aromatic heterocycles. The average molecular weight is 382 g/mol. The van der Waals surface area contributed by atoms with Crippen LogP contribution in [-0.4, -0.2) is 41.6 Å². The summed E-state index contributed by atoms with van der Waals surface area (Å²) in [6.45, 7) is 5.05. The Balaban J connectivity index is 1.43. The number of aryl methyl sites for hydroxylation is 2. The molecule has 148 valence electrons. The van der Waals surface area contributed by atoms with E-state index in [1.165, 1.54) is 12.5 Å². The van der Waals surface area contributed by atoms with Crippen LogP contribution in [0.2, 0.25) is 0 Å². The number of rotatable bonds is 6. The number of amides is 2. The lowest BCUT2D eigenvalue weighted by molar-refractivity contribution is -0.122. The first-order chi connectivity index (χ1) is 13.4. The summed E-state index contributed by atoms with van der Waals surface area (Å²) in [5.41, 5.74) is 3.21. The molecule has 0 atom stereocenters. The molecule has 0 aliphatic carbocycles. The minimum Gasteiger partial charge on any atom is -0.472 e. The SMILES string of the molecule is Cc1ccc(C)c(C(=O)CCC(=O)NC2CCN(C(=O)c3ccoc3)CC2)c1. The van der Waals surface area contributed by atoms with Gasteiger partial charge in [0.2, 0.25) is 5.91 Å². The molecular weight excluding hydrogens is 356 g/mol. The third-order valence-electron chi connectivity index (χ3n) is 5.19. The van der Waals surface area contributed by atoms with E-state index >= 15 is 0 Å². The Labute approximate surface area is 164 Å². The number of hydrogen-bond donors (Lipinski definition) is 1. The fraction of sp³-hybridized carbons (Fsp3) is 0.409. The average Bonchev–Trinajstić information content (AvgIpc) is 3.23. The van der Waals surface area contributed by atoms with Crippen LogP contribution in [0.3, 0.4) is 0 Å². The fourth-order valence-electron chi connectivity index (χ4n) is 3.49. The van der Waals surface area contributed by atoms with Gasteiger partial charge in [0, 0.05) is 37.5 Å². The van der Waals surface area contributed by atoms with Gasteiger partial charge in [0.1, 0.15) is 6.26 Å². The highest BCUT2D eigenvalue weighted by Gasteiger charge is 2.25. The van der Waals surface area contributed by atoms with Gasteiger partial charge in [-0.1, -0.05) is 17.7 Å². The number of nitrogens with zero attached hydrogens (tertiary/aromatic N) is 1. The molecule has 1 saturated heterocycles. The summed E-state index contributed by atoms with van der Waals surface area (Å²) in [6.07, 6.45) is 4.73. The standard InChI is InChI=1S/C22H26N2O4/c1-15-3-4-16(2)19(13-15)20(25)5-6-21(26)23-18-7-10-24(11-8-18)22(27)17-9-12-28-14-17/h3-4,9,12-14,18H,5-8,10-11H2,1-2H3,(H,23,26).